The zero-order chi connectivity index (χ0) is 11.9. The number of rotatable bonds is 2. The number of anilines is 1. The van der Waals surface area contributed by atoms with Crippen LogP contribution in [-0.4, -0.2) is 18.6 Å². The maximum absolute atomic E-state index is 13.9. The molecular weight excluding hydrogens is 203 g/mol. The van der Waals surface area contributed by atoms with Gasteiger partial charge in [-0.2, -0.15) is 0 Å². The first-order chi connectivity index (χ1) is 7.52. The van der Waals surface area contributed by atoms with Gasteiger partial charge in [0.05, 0.1) is 0 Å². The molecule has 1 heterocycles. The summed E-state index contributed by atoms with van der Waals surface area (Å²) in [6.45, 7) is 7.02. The highest BCUT2D eigenvalue weighted by molar-refractivity contribution is 5.61. The topological polar surface area (TPSA) is 29.3 Å². The van der Waals surface area contributed by atoms with E-state index in [4.69, 9.17) is 5.73 Å². The minimum atomic E-state index is -0.122. The Morgan fingerprint density at radius 2 is 2.06 bits per heavy atom. The van der Waals surface area contributed by atoms with Crippen molar-refractivity contribution in [2.45, 2.75) is 38.8 Å². The normalized spacial score (nSPS) is 21.4. The van der Waals surface area contributed by atoms with E-state index in [1.54, 1.807) is 6.07 Å². The second kappa shape index (κ2) is 4.06. The van der Waals surface area contributed by atoms with Crippen molar-refractivity contribution in [3.05, 3.63) is 29.6 Å². The van der Waals surface area contributed by atoms with Crippen LogP contribution in [0.1, 0.15) is 32.3 Å². The smallest absolute Gasteiger partial charge is 0.128 e. The summed E-state index contributed by atoms with van der Waals surface area (Å²) in [7, 11) is 0. The van der Waals surface area contributed by atoms with Crippen LogP contribution in [-0.2, 0) is 0 Å². The van der Waals surface area contributed by atoms with Crippen molar-refractivity contribution in [3.63, 3.8) is 0 Å². The molecule has 2 unspecified atom stereocenters. The molecule has 0 amide bonds. The lowest BCUT2D eigenvalue weighted by atomic mass is 9.95. The summed E-state index contributed by atoms with van der Waals surface area (Å²) in [5.41, 5.74) is 7.76. The first-order valence-electron chi connectivity index (χ1n) is 5.83. The molecule has 1 aromatic rings. The molecule has 2 atom stereocenters. The highest BCUT2D eigenvalue weighted by Gasteiger charge is 2.34. The van der Waals surface area contributed by atoms with Gasteiger partial charge in [-0.25, -0.2) is 4.39 Å². The molecule has 2 N–H and O–H groups in total. The summed E-state index contributed by atoms with van der Waals surface area (Å²) in [5.74, 6) is -0.0125. The Morgan fingerprint density at radius 3 is 2.62 bits per heavy atom. The number of halogens is 1. The van der Waals surface area contributed by atoms with Crippen LogP contribution in [0, 0.1) is 5.82 Å². The first kappa shape index (κ1) is 11.4. The maximum atomic E-state index is 13.9. The second-order valence-electron chi connectivity index (χ2n) is 4.88. The van der Waals surface area contributed by atoms with E-state index in [2.05, 4.69) is 18.7 Å². The molecule has 0 saturated carbocycles. The van der Waals surface area contributed by atoms with Gasteiger partial charge in [-0.1, -0.05) is 6.07 Å². The fourth-order valence-corrected chi connectivity index (χ4v) is 2.46. The Hall–Kier alpha value is -1.09. The molecule has 0 aliphatic carbocycles. The fourth-order valence-electron chi connectivity index (χ4n) is 2.46. The number of hydrogen-bond donors (Lipinski definition) is 1. The van der Waals surface area contributed by atoms with E-state index >= 15 is 0 Å². The quantitative estimate of drug-likeness (QED) is 0.833. The van der Waals surface area contributed by atoms with Gasteiger partial charge in [0.1, 0.15) is 5.82 Å². The van der Waals surface area contributed by atoms with Crippen molar-refractivity contribution in [1.82, 2.24) is 0 Å². The number of hydrogen-bond acceptors (Lipinski definition) is 2. The van der Waals surface area contributed by atoms with Crippen LogP contribution in [0.3, 0.4) is 0 Å². The van der Waals surface area contributed by atoms with Crippen LogP contribution in [0.15, 0.2) is 18.2 Å². The van der Waals surface area contributed by atoms with Gasteiger partial charge in [0.25, 0.3) is 0 Å². The standard InChI is InChI=1S/C13H19FN2/c1-8(2)16-7-10(9(3)15)13-11(14)5-4-6-12(13)16/h4-6,8-10H,7,15H2,1-3H3. The third kappa shape index (κ3) is 1.69. The summed E-state index contributed by atoms with van der Waals surface area (Å²) in [5, 5.41) is 0. The van der Waals surface area contributed by atoms with Crippen molar-refractivity contribution in [3.8, 4) is 0 Å². The van der Waals surface area contributed by atoms with Gasteiger partial charge >= 0.3 is 0 Å². The number of nitrogens with zero attached hydrogens (tertiary/aromatic N) is 1. The lowest BCUT2D eigenvalue weighted by Gasteiger charge is -2.25. The largest absolute Gasteiger partial charge is 0.368 e. The van der Waals surface area contributed by atoms with Gasteiger partial charge < -0.3 is 10.6 Å². The molecule has 0 bridgehead atoms. The van der Waals surface area contributed by atoms with Crippen LogP contribution in [0.2, 0.25) is 0 Å². The molecule has 88 valence electrons. The van der Waals surface area contributed by atoms with Crippen molar-refractivity contribution < 1.29 is 4.39 Å². The summed E-state index contributed by atoms with van der Waals surface area (Å²) < 4.78 is 13.9. The molecule has 2 rings (SSSR count). The Morgan fingerprint density at radius 1 is 1.38 bits per heavy atom. The first-order valence-corrected chi connectivity index (χ1v) is 5.83. The Balaban J connectivity index is 2.49. The van der Waals surface area contributed by atoms with E-state index in [-0.39, 0.29) is 17.8 Å². The molecule has 0 saturated heterocycles. The monoisotopic (exact) mass is 222 g/mol. The van der Waals surface area contributed by atoms with Crippen LogP contribution in [0.5, 0.6) is 0 Å². The van der Waals surface area contributed by atoms with Gasteiger partial charge in [-0.05, 0) is 32.9 Å². The number of benzene rings is 1. The highest BCUT2D eigenvalue weighted by Crippen LogP contribution is 2.40. The molecule has 0 spiro atoms. The molecule has 3 heteroatoms. The van der Waals surface area contributed by atoms with E-state index in [1.165, 1.54) is 6.07 Å². The fraction of sp³-hybridized carbons (Fsp3) is 0.538. The molecule has 16 heavy (non-hydrogen) atoms. The zero-order valence-corrected chi connectivity index (χ0v) is 10.1. The Labute approximate surface area is 96.2 Å². The van der Waals surface area contributed by atoms with Crippen LogP contribution >= 0.6 is 0 Å². The van der Waals surface area contributed by atoms with E-state index in [1.807, 2.05) is 13.0 Å². The molecule has 1 aromatic carbocycles. The number of nitrogens with two attached hydrogens (primary N) is 1. The third-order valence-corrected chi connectivity index (χ3v) is 3.36. The van der Waals surface area contributed by atoms with Crippen LogP contribution < -0.4 is 10.6 Å². The molecule has 1 aliphatic rings. The second-order valence-corrected chi connectivity index (χ2v) is 4.88. The predicted octanol–water partition coefficient (Wildman–Crippen LogP) is 2.48. The van der Waals surface area contributed by atoms with E-state index < -0.39 is 0 Å². The predicted molar refractivity (Wildman–Crippen MR) is 65.3 cm³/mol. The van der Waals surface area contributed by atoms with Crippen molar-refractivity contribution in [2.75, 3.05) is 11.4 Å². The Bertz CT molecular complexity index is 388. The molecule has 0 aromatic heterocycles. The highest BCUT2D eigenvalue weighted by atomic mass is 19.1. The third-order valence-electron chi connectivity index (χ3n) is 3.36. The summed E-state index contributed by atoms with van der Waals surface area (Å²) in [6, 6.07) is 5.65. The molecule has 2 nitrogen and oxygen atoms in total. The molecular formula is C13H19FN2. The number of fused-ring (bicyclic) bond motifs is 1. The lowest BCUT2D eigenvalue weighted by Crippen LogP contribution is -2.33. The van der Waals surface area contributed by atoms with Crippen molar-refractivity contribution >= 4 is 5.69 Å². The van der Waals surface area contributed by atoms with E-state index in [0.29, 0.717) is 6.04 Å². The SMILES string of the molecule is CC(N)C1CN(C(C)C)c2cccc(F)c21. The van der Waals surface area contributed by atoms with E-state index in [0.717, 1.165) is 17.8 Å². The van der Waals surface area contributed by atoms with Crippen LogP contribution in [0.4, 0.5) is 10.1 Å². The Kier molecular flexibility index (Phi) is 2.89. The van der Waals surface area contributed by atoms with Gasteiger partial charge in [0.2, 0.25) is 0 Å². The average molecular weight is 222 g/mol. The average Bonchev–Trinajstić information content (AvgIpc) is 2.58. The zero-order valence-electron chi connectivity index (χ0n) is 10.1. The van der Waals surface area contributed by atoms with Gasteiger partial charge in [0, 0.05) is 35.8 Å². The minimum Gasteiger partial charge on any atom is -0.368 e. The summed E-state index contributed by atoms with van der Waals surface area (Å²) in [6.07, 6.45) is 0. The van der Waals surface area contributed by atoms with Crippen molar-refractivity contribution in [2.24, 2.45) is 5.73 Å². The summed E-state index contributed by atoms with van der Waals surface area (Å²) >= 11 is 0. The molecule has 0 radical (unpaired) electrons. The molecule has 0 fully saturated rings. The van der Waals surface area contributed by atoms with Crippen LogP contribution in [0.25, 0.3) is 0 Å². The lowest BCUT2D eigenvalue weighted by molar-refractivity contribution is 0.535. The van der Waals surface area contributed by atoms with Gasteiger partial charge in [-0.3, -0.25) is 0 Å². The molecule has 1 aliphatic heterocycles. The summed E-state index contributed by atoms with van der Waals surface area (Å²) in [4.78, 5) is 2.23. The van der Waals surface area contributed by atoms with E-state index in [9.17, 15) is 4.39 Å². The van der Waals surface area contributed by atoms with Gasteiger partial charge in [0.15, 0.2) is 0 Å². The van der Waals surface area contributed by atoms with Gasteiger partial charge in [-0.15, -0.1) is 0 Å². The van der Waals surface area contributed by atoms with Crippen molar-refractivity contribution in [1.29, 1.82) is 0 Å². The minimum absolute atomic E-state index is 0.0144. The maximum Gasteiger partial charge on any atom is 0.128 e.